The van der Waals surface area contributed by atoms with E-state index in [1.54, 1.807) is 0 Å². The highest BCUT2D eigenvalue weighted by Gasteiger charge is 2.50. The van der Waals surface area contributed by atoms with Gasteiger partial charge in [-0.2, -0.15) is 0 Å². The Morgan fingerprint density at radius 1 is 0.941 bits per heavy atom. The van der Waals surface area contributed by atoms with E-state index in [2.05, 4.69) is 0 Å². The summed E-state index contributed by atoms with van der Waals surface area (Å²) in [5.74, 6) is 3.58. The van der Waals surface area contributed by atoms with Crippen LogP contribution in [0, 0.1) is 23.2 Å². The molecule has 0 aromatic heterocycles. The summed E-state index contributed by atoms with van der Waals surface area (Å²) >= 11 is 5.56. The molecule has 0 atom stereocenters. The number of hydrogen-bond donors (Lipinski definition) is 0. The first-order valence-electron chi connectivity index (χ1n) is 7.01. The fraction of sp³-hybridized carbons (Fsp3) is 1.00. The molecular formula is C14H23ClO2. The third-order valence-corrected chi connectivity index (χ3v) is 5.12. The maximum absolute atomic E-state index is 5.74. The third kappa shape index (κ3) is 2.64. The molecule has 4 bridgehead atoms. The molecule has 0 aromatic rings. The van der Waals surface area contributed by atoms with Crippen LogP contribution in [0.2, 0.25) is 0 Å². The minimum atomic E-state index is 0.425. The second kappa shape index (κ2) is 5.07. The van der Waals surface area contributed by atoms with Crippen LogP contribution in [0.15, 0.2) is 0 Å². The van der Waals surface area contributed by atoms with Crippen molar-refractivity contribution in [2.45, 2.75) is 38.5 Å². The van der Waals surface area contributed by atoms with Crippen LogP contribution < -0.4 is 0 Å². The van der Waals surface area contributed by atoms with Gasteiger partial charge in [-0.15, -0.1) is 11.6 Å². The van der Waals surface area contributed by atoms with Gasteiger partial charge in [-0.05, 0) is 61.7 Å². The van der Waals surface area contributed by atoms with Crippen molar-refractivity contribution < 1.29 is 9.47 Å². The van der Waals surface area contributed by atoms with Crippen molar-refractivity contribution in [3.63, 3.8) is 0 Å². The first-order chi connectivity index (χ1) is 8.30. The van der Waals surface area contributed by atoms with Crippen LogP contribution in [0.1, 0.15) is 38.5 Å². The van der Waals surface area contributed by atoms with Crippen molar-refractivity contribution in [2.75, 3.05) is 25.9 Å². The molecule has 4 rings (SSSR count). The van der Waals surface area contributed by atoms with Gasteiger partial charge in [-0.1, -0.05) is 0 Å². The van der Waals surface area contributed by atoms with Crippen LogP contribution in [0.25, 0.3) is 0 Å². The largest absolute Gasteiger partial charge is 0.355 e. The summed E-state index contributed by atoms with van der Waals surface area (Å²) in [6, 6.07) is 0. The average molecular weight is 259 g/mol. The van der Waals surface area contributed by atoms with E-state index >= 15 is 0 Å². The zero-order chi connectivity index (χ0) is 11.7. The lowest BCUT2D eigenvalue weighted by Crippen LogP contribution is -2.48. The van der Waals surface area contributed by atoms with Crippen LogP contribution in [-0.2, 0) is 9.47 Å². The van der Waals surface area contributed by atoms with Crippen molar-refractivity contribution in [1.82, 2.24) is 0 Å². The van der Waals surface area contributed by atoms with Gasteiger partial charge in [0.15, 0.2) is 0 Å². The smallest absolute Gasteiger partial charge is 0.146 e. The molecule has 0 aliphatic heterocycles. The highest BCUT2D eigenvalue weighted by Crippen LogP contribution is 2.59. The van der Waals surface area contributed by atoms with E-state index in [0.717, 1.165) is 24.4 Å². The first kappa shape index (κ1) is 12.3. The Labute approximate surface area is 109 Å². The molecule has 0 unspecified atom stereocenters. The molecule has 4 fully saturated rings. The number of ether oxygens (including phenoxy) is 2. The van der Waals surface area contributed by atoms with Crippen molar-refractivity contribution in [3.05, 3.63) is 0 Å². The predicted molar refractivity (Wildman–Crippen MR) is 68.1 cm³/mol. The Morgan fingerprint density at radius 3 is 2.06 bits per heavy atom. The molecule has 98 valence electrons. The van der Waals surface area contributed by atoms with Crippen LogP contribution in [0.3, 0.4) is 0 Å². The maximum atomic E-state index is 5.74. The standard InChI is InChI=1S/C14H23ClO2/c15-1-2-16-10-17-9-14-6-11-3-12(7-14)5-13(4-11)8-14/h11-13H,1-10H2. The van der Waals surface area contributed by atoms with E-state index in [1.807, 2.05) is 0 Å². The molecule has 0 amide bonds. The zero-order valence-electron chi connectivity index (χ0n) is 10.5. The highest BCUT2D eigenvalue weighted by molar-refractivity contribution is 6.17. The quantitative estimate of drug-likeness (QED) is 0.413. The molecule has 0 saturated heterocycles. The van der Waals surface area contributed by atoms with Gasteiger partial charge in [0.1, 0.15) is 6.79 Å². The molecule has 0 N–H and O–H groups in total. The topological polar surface area (TPSA) is 18.5 Å². The third-order valence-electron chi connectivity index (χ3n) is 4.96. The van der Waals surface area contributed by atoms with E-state index in [-0.39, 0.29) is 0 Å². The highest BCUT2D eigenvalue weighted by atomic mass is 35.5. The van der Waals surface area contributed by atoms with Gasteiger partial charge in [0.25, 0.3) is 0 Å². The Hall–Kier alpha value is 0.210. The minimum Gasteiger partial charge on any atom is -0.355 e. The van der Waals surface area contributed by atoms with Crippen molar-refractivity contribution in [2.24, 2.45) is 23.2 Å². The Bertz CT molecular complexity index is 232. The van der Waals surface area contributed by atoms with Crippen LogP contribution in [-0.4, -0.2) is 25.9 Å². The molecule has 4 saturated carbocycles. The molecular weight excluding hydrogens is 236 g/mol. The van der Waals surface area contributed by atoms with Crippen molar-refractivity contribution >= 4 is 11.6 Å². The van der Waals surface area contributed by atoms with Gasteiger partial charge >= 0.3 is 0 Å². The summed E-state index contributed by atoms with van der Waals surface area (Å²) in [6.45, 7) is 1.94. The molecule has 3 heteroatoms. The Morgan fingerprint density at radius 2 is 1.53 bits per heavy atom. The van der Waals surface area contributed by atoms with E-state index in [4.69, 9.17) is 21.1 Å². The van der Waals surface area contributed by atoms with Gasteiger partial charge in [-0.25, -0.2) is 0 Å². The number of rotatable bonds is 6. The van der Waals surface area contributed by atoms with Crippen LogP contribution in [0.4, 0.5) is 0 Å². The summed E-state index contributed by atoms with van der Waals surface area (Å²) in [5.41, 5.74) is 0.513. The van der Waals surface area contributed by atoms with Crippen LogP contribution in [0.5, 0.6) is 0 Å². The molecule has 17 heavy (non-hydrogen) atoms. The van der Waals surface area contributed by atoms with E-state index < -0.39 is 0 Å². The van der Waals surface area contributed by atoms with Gasteiger partial charge in [-0.3, -0.25) is 0 Å². The molecule has 2 nitrogen and oxygen atoms in total. The lowest BCUT2D eigenvalue weighted by atomic mass is 9.50. The SMILES string of the molecule is ClCCOCOCC12CC3CC(CC(C3)C1)C2. The second-order valence-electron chi connectivity index (χ2n) is 6.48. The number of hydrogen-bond acceptors (Lipinski definition) is 2. The van der Waals surface area contributed by atoms with Crippen molar-refractivity contribution in [3.8, 4) is 0 Å². The monoisotopic (exact) mass is 258 g/mol. The predicted octanol–water partition coefficient (Wildman–Crippen LogP) is 3.43. The Kier molecular flexibility index (Phi) is 3.65. The van der Waals surface area contributed by atoms with E-state index in [9.17, 15) is 0 Å². The van der Waals surface area contributed by atoms with E-state index in [1.165, 1.54) is 38.5 Å². The number of alkyl halides is 1. The van der Waals surface area contributed by atoms with E-state index in [0.29, 0.717) is 24.7 Å². The summed E-state index contributed by atoms with van der Waals surface area (Å²) in [6.07, 6.45) is 8.74. The van der Waals surface area contributed by atoms with Gasteiger partial charge < -0.3 is 9.47 Å². The lowest BCUT2D eigenvalue weighted by molar-refractivity contribution is -0.133. The normalized spacial score (nSPS) is 43.2. The molecule has 0 heterocycles. The van der Waals surface area contributed by atoms with Gasteiger partial charge in [0, 0.05) is 5.88 Å². The molecule has 0 radical (unpaired) electrons. The molecule has 4 aliphatic carbocycles. The summed E-state index contributed by atoms with van der Waals surface area (Å²) in [7, 11) is 0. The Balaban J connectivity index is 1.49. The summed E-state index contributed by atoms with van der Waals surface area (Å²) < 4.78 is 11.0. The average Bonchev–Trinajstić information content (AvgIpc) is 2.26. The van der Waals surface area contributed by atoms with Gasteiger partial charge in [0.2, 0.25) is 0 Å². The van der Waals surface area contributed by atoms with Crippen molar-refractivity contribution in [1.29, 1.82) is 0 Å². The van der Waals surface area contributed by atoms with Gasteiger partial charge in [0.05, 0.1) is 13.2 Å². The molecule has 4 aliphatic rings. The van der Waals surface area contributed by atoms with Crippen LogP contribution >= 0.6 is 11.6 Å². The molecule has 0 aromatic carbocycles. The number of halogens is 1. The first-order valence-corrected chi connectivity index (χ1v) is 7.54. The fourth-order valence-electron chi connectivity index (χ4n) is 4.90. The fourth-order valence-corrected chi connectivity index (χ4v) is 5.01. The zero-order valence-corrected chi connectivity index (χ0v) is 11.3. The molecule has 0 spiro atoms. The second-order valence-corrected chi connectivity index (χ2v) is 6.86. The summed E-state index contributed by atoms with van der Waals surface area (Å²) in [4.78, 5) is 0. The summed E-state index contributed by atoms with van der Waals surface area (Å²) in [5, 5.41) is 0. The minimum absolute atomic E-state index is 0.425. The lowest BCUT2D eigenvalue weighted by Gasteiger charge is -2.56. The maximum Gasteiger partial charge on any atom is 0.146 e.